The van der Waals surface area contributed by atoms with Crippen LogP contribution in [0.1, 0.15) is 57.7 Å². The van der Waals surface area contributed by atoms with E-state index in [0.29, 0.717) is 34.6 Å². The summed E-state index contributed by atoms with van der Waals surface area (Å²) in [6.07, 6.45) is -1.45. The number of ether oxygens (including phenoxy) is 4. The summed E-state index contributed by atoms with van der Waals surface area (Å²) in [7, 11) is 0. The van der Waals surface area contributed by atoms with Crippen molar-refractivity contribution in [1.29, 1.82) is 0 Å². The van der Waals surface area contributed by atoms with Crippen molar-refractivity contribution in [1.82, 2.24) is 0 Å². The van der Waals surface area contributed by atoms with Crippen molar-refractivity contribution in [2.24, 2.45) is 0 Å². The molecule has 0 saturated heterocycles. The second kappa shape index (κ2) is 15.7. The van der Waals surface area contributed by atoms with Gasteiger partial charge in [0.05, 0.1) is 13.2 Å². The molecule has 0 unspecified atom stereocenters. The Balaban J connectivity index is 1.71. The summed E-state index contributed by atoms with van der Waals surface area (Å²) < 4.78 is 58.6. The Kier molecular flexibility index (Phi) is 11.7. The molecular weight excluding hydrogens is 621 g/mol. The number of carbonyl (C=O) groups excluding carboxylic acids is 2. The number of esters is 2. The molecule has 4 rings (SSSR count). The second-order valence-corrected chi connectivity index (χ2v) is 12.0. The molecule has 0 aliphatic rings. The van der Waals surface area contributed by atoms with Crippen LogP contribution < -0.4 is 9.47 Å². The van der Waals surface area contributed by atoms with E-state index >= 15 is 0 Å². The lowest BCUT2D eigenvalue weighted by molar-refractivity contribution is -0.274. The van der Waals surface area contributed by atoms with Gasteiger partial charge in [0.2, 0.25) is 0 Å². The first-order chi connectivity index (χ1) is 22.8. The van der Waals surface area contributed by atoms with E-state index in [1.54, 1.807) is 38.1 Å². The monoisotopic (exact) mass is 660 g/mol. The highest BCUT2D eigenvalue weighted by Crippen LogP contribution is 2.36. The fourth-order valence-corrected chi connectivity index (χ4v) is 4.95. The van der Waals surface area contributed by atoms with E-state index in [-0.39, 0.29) is 36.8 Å². The molecule has 4 aromatic rings. The van der Waals surface area contributed by atoms with Crippen molar-refractivity contribution >= 4 is 18.0 Å². The molecule has 0 atom stereocenters. The second-order valence-electron chi connectivity index (χ2n) is 12.0. The number of rotatable bonds is 12. The predicted octanol–water partition coefficient (Wildman–Crippen LogP) is 10.1. The van der Waals surface area contributed by atoms with Crippen LogP contribution in [0.4, 0.5) is 13.2 Å². The fourth-order valence-electron chi connectivity index (χ4n) is 4.95. The van der Waals surface area contributed by atoms with Crippen molar-refractivity contribution in [3.63, 3.8) is 0 Å². The number of hydrogen-bond donors (Lipinski definition) is 0. The molecule has 6 nitrogen and oxygen atoms in total. The van der Waals surface area contributed by atoms with Crippen LogP contribution in [0.25, 0.3) is 28.3 Å². The summed E-state index contributed by atoms with van der Waals surface area (Å²) in [5, 5.41) is 0. The van der Waals surface area contributed by atoms with Gasteiger partial charge in [-0.1, -0.05) is 69.3 Å². The van der Waals surface area contributed by atoms with Gasteiger partial charge in [-0.3, -0.25) is 4.79 Å². The minimum Gasteiger partial charge on any atom is -0.466 e. The average molecular weight is 661 g/mol. The van der Waals surface area contributed by atoms with Crippen molar-refractivity contribution in [3.05, 3.63) is 108 Å². The Bertz CT molecular complexity index is 1730. The highest BCUT2D eigenvalue weighted by atomic mass is 19.4. The van der Waals surface area contributed by atoms with Gasteiger partial charge in [0, 0.05) is 18.1 Å². The maximum Gasteiger partial charge on any atom is 0.573 e. The molecule has 0 N–H and O–H groups in total. The summed E-state index contributed by atoms with van der Waals surface area (Å²) in [5.41, 5.74) is 5.80. The minimum atomic E-state index is -4.80. The van der Waals surface area contributed by atoms with Crippen LogP contribution in [0, 0.1) is 0 Å². The highest BCUT2D eigenvalue weighted by molar-refractivity contribution is 5.88. The molecule has 9 heteroatoms. The van der Waals surface area contributed by atoms with Crippen molar-refractivity contribution in [2.75, 3.05) is 13.2 Å². The number of benzene rings is 4. The van der Waals surface area contributed by atoms with Crippen LogP contribution in [0.15, 0.2) is 91.0 Å². The molecule has 0 heterocycles. The molecule has 0 bridgehead atoms. The molecule has 0 spiro atoms. The van der Waals surface area contributed by atoms with E-state index in [4.69, 9.17) is 14.2 Å². The first kappa shape index (κ1) is 35.8. The van der Waals surface area contributed by atoms with Crippen LogP contribution in [0.2, 0.25) is 0 Å². The average Bonchev–Trinajstić information content (AvgIpc) is 3.03. The molecule has 0 radical (unpaired) electrons. The molecule has 252 valence electrons. The lowest BCUT2D eigenvalue weighted by Gasteiger charge is -2.19. The quantitative estimate of drug-likeness (QED) is 0.111. The topological polar surface area (TPSA) is 71.1 Å². The molecule has 0 aliphatic heterocycles. The first-order valence-electron chi connectivity index (χ1n) is 15.7. The molecule has 0 aromatic heterocycles. The van der Waals surface area contributed by atoms with E-state index in [1.807, 2.05) is 18.2 Å². The van der Waals surface area contributed by atoms with Crippen molar-refractivity contribution in [2.45, 2.75) is 59.2 Å². The smallest absolute Gasteiger partial charge is 0.466 e. The summed E-state index contributed by atoms with van der Waals surface area (Å²) in [6.45, 7) is 10.4. The van der Waals surface area contributed by atoms with E-state index in [9.17, 15) is 22.8 Å². The van der Waals surface area contributed by atoms with Crippen LogP contribution in [-0.2, 0) is 30.9 Å². The molecule has 4 aromatic carbocycles. The number of hydrogen-bond acceptors (Lipinski definition) is 6. The third kappa shape index (κ3) is 10.2. The zero-order valence-corrected chi connectivity index (χ0v) is 27.6. The highest BCUT2D eigenvalue weighted by Gasteiger charge is 2.31. The Morgan fingerprint density at radius 2 is 1.27 bits per heavy atom. The molecule has 0 amide bonds. The fraction of sp³-hybridized carbons (Fsp3) is 0.282. The normalized spacial score (nSPS) is 11.8. The summed E-state index contributed by atoms with van der Waals surface area (Å²) in [5.74, 6) is -0.271. The maximum atomic E-state index is 12.7. The van der Waals surface area contributed by atoms with Crippen molar-refractivity contribution < 1.29 is 41.7 Å². The van der Waals surface area contributed by atoms with Gasteiger partial charge in [0.1, 0.15) is 17.2 Å². The first-order valence-corrected chi connectivity index (χ1v) is 15.7. The van der Waals surface area contributed by atoms with Gasteiger partial charge >= 0.3 is 18.3 Å². The van der Waals surface area contributed by atoms with E-state index < -0.39 is 12.3 Å². The SMILES string of the molecule is CCOC(=O)/C=C/c1cc(-c2ccc(OC(F)(F)F)cc2)ccc1Oc1ccc(-c2ccc(C(C)(C)C)cc2)cc1CCC(=O)OCC. The van der Waals surface area contributed by atoms with Gasteiger partial charge in [-0.05, 0) is 102 Å². The number of aryl methyl sites for hydroxylation is 1. The van der Waals surface area contributed by atoms with Gasteiger partial charge in [-0.25, -0.2) is 4.79 Å². The Labute approximate surface area is 279 Å². The maximum absolute atomic E-state index is 12.7. The van der Waals surface area contributed by atoms with Gasteiger partial charge in [-0.2, -0.15) is 0 Å². The van der Waals surface area contributed by atoms with Crippen LogP contribution in [-0.4, -0.2) is 31.5 Å². The summed E-state index contributed by atoms with van der Waals surface area (Å²) in [6, 6.07) is 24.9. The Morgan fingerprint density at radius 1 is 0.708 bits per heavy atom. The largest absolute Gasteiger partial charge is 0.573 e. The van der Waals surface area contributed by atoms with Gasteiger partial charge in [0.15, 0.2) is 0 Å². The van der Waals surface area contributed by atoms with Crippen molar-refractivity contribution in [3.8, 4) is 39.5 Å². The Hall–Kier alpha value is -5.05. The molecule has 0 fully saturated rings. The standard InChI is InChI=1S/C39H39F3O6/c1-6-45-36(43)22-14-30-24-28(26-8-16-32(17-9-26)38(3,4)5)12-20-34(30)47-35-21-13-29(25-31(35)15-23-37(44)46-7-2)27-10-18-33(19-11-27)48-39(40,41)42/h8-13,15-21,23-25H,6-7,14,22H2,1-5H3/b23-15+. The number of carbonyl (C=O) groups is 2. The van der Waals surface area contributed by atoms with Crippen LogP contribution in [0.5, 0.6) is 17.2 Å². The molecule has 0 saturated carbocycles. The van der Waals surface area contributed by atoms with Gasteiger partial charge in [0.25, 0.3) is 0 Å². The lowest BCUT2D eigenvalue weighted by Crippen LogP contribution is -2.16. The van der Waals surface area contributed by atoms with E-state index in [2.05, 4.69) is 49.8 Å². The lowest BCUT2D eigenvalue weighted by atomic mass is 9.86. The number of halogens is 3. The van der Waals surface area contributed by atoms with Crippen LogP contribution >= 0.6 is 0 Å². The van der Waals surface area contributed by atoms with Gasteiger partial charge < -0.3 is 18.9 Å². The van der Waals surface area contributed by atoms with E-state index in [0.717, 1.165) is 16.7 Å². The zero-order chi connectivity index (χ0) is 34.9. The molecule has 48 heavy (non-hydrogen) atoms. The van der Waals surface area contributed by atoms with Crippen LogP contribution in [0.3, 0.4) is 0 Å². The zero-order valence-electron chi connectivity index (χ0n) is 27.6. The number of alkyl halides is 3. The third-order valence-corrected chi connectivity index (χ3v) is 7.39. The summed E-state index contributed by atoms with van der Waals surface area (Å²) >= 11 is 0. The van der Waals surface area contributed by atoms with Gasteiger partial charge in [-0.15, -0.1) is 13.2 Å². The predicted molar refractivity (Wildman–Crippen MR) is 180 cm³/mol. The molecule has 0 aliphatic carbocycles. The molecular formula is C39H39F3O6. The Morgan fingerprint density at radius 3 is 1.85 bits per heavy atom. The third-order valence-electron chi connectivity index (χ3n) is 7.39. The van der Waals surface area contributed by atoms with E-state index in [1.165, 1.54) is 35.9 Å². The summed E-state index contributed by atoms with van der Waals surface area (Å²) in [4.78, 5) is 24.5. The minimum absolute atomic E-state index is 0.0149.